The van der Waals surface area contributed by atoms with Gasteiger partial charge in [-0.1, -0.05) is 38.1 Å². The molecule has 4 atom stereocenters. The predicted octanol–water partition coefficient (Wildman–Crippen LogP) is 2.54. The van der Waals surface area contributed by atoms with Crippen LogP contribution in [0, 0.1) is 11.8 Å². The molecular formula is C39H55N5O8. The highest BCUT2D eigenvalue weighted by molar-refractivity contribution is 5.95. The molecule has 5 rings (SSSR count). The van der Waals surface area contributed by atoms with Crippen molar-refractivity contribution < 1.29 is 38.2 Å². The maximum Gasteiger partial charge on any atom is 0.246 e. The molecule has 0 spiro atoms. The van der Waals surface area contributed by atoms with Gasteiger partial charge in [-0.2, -0.15) is 0 Å². The smallest absolute Gasteiger partial charge is 0.246 e. The summed E-state index contributed by atoms with van der Waals surface area (Å²) in [6.45, 7) is 9.54. The van der Waals surface area contributed by atoms with Gasteiger partial charge in [-0.15, -0.1) is 0 Å². The van der Waals surface area contributed by atoms with Gasteiger partial charge in [-0.3, -0.25) is 24.0 Å². The second-order valence-electron chi connectivity index (χ2n) is 14.5. The van der Waals surface area contributed by atoms with Crippen LogP contribution in [-0.2, 0) is 41.6 Å². The van der Waals surface area contributed by atoms with E-state index in [1.54, 1.807) is 50.4 Å². The Morgan fingerprint density at radius 3 is 2.25 bits per heavy atom. The SMILES string of the molecule is COc1ccc(C[C@@H]2NC(=O)[C@@H](NC(=O)COC(C)C)Cc3ccc(cc3)OC[C@H](CC(C)C)NC(=O)CN(CC3CC3)C(=O)[C@@H](C)NC2=O)cc1. The van der Waals surface area contributed by atoms with Gasteiger partial charge in [0.25, 0.3) is 0 Å². The Hall–Kier alpha value is -4.65. The zero-order valence-electron chi connectivity index (χ0n) is 31.2. The third-order valence-electron chi connectivity index (χ3n) is 8.92. The van der Waals surface area contributed by atoms with Crippen molar-refractivity contribution in [2.45, 2.75) is 97.0 Å². The summed E-state index contributed by atoms with van der Waals surface area (Å²) in [7, 11) is 1.55. The number of ether oxygens (including phenoxy) is 3. The Bertz CT molecular complexity index is 1510. The zero-order valence-corrected chi connectivity index (χ0v) is 31.2. The van der Waals surface area contributed by atoms with Crippen molar-refractivity contribution in [3.8, 4) is 11.5 Å². The van der Waals surface area contributed by atoms with Gasteiger partial charge < -0.3 is 40.4 Å². The number of carbonyl (C=O) groups is 5. The summed E-state index contributed by atoms with van der Waals surface area (Å²) in [5.74, 6) is -0.565. The van der Waals surface area contributed by atoms with Crippen molar-refractivity contribution in [3.63, 3.8) is 0 Å². The van der Waals surface area contributed by atoms with Crippen LogP contribution in [0.15, 0.2) is 48.5 Å². The van der Waals surface area contributed by atoms with Gasteiger partial charge in [0.15, 0.2) is 0 Å². The highest BCUT2D eigenvalue weighted by atomic mass is 16.5. The lowest BCUT2D eigenvalue weighted by molar-refractivity contribution is -0.140. The van der Waals surface area contributed by atoms with Crippen LogP contribution in [0.2, 0.25) is 0 Å². The molecule has 3 aliphatic rings. The van der Waals surface area contributed by atoms with Crippen LogP contribution in [-0.4, -0.2) is 98.1 Å². The van der Waals surface area contributed by atoms with Gasteiger partial charge >= 0.3 is 0 Å². The van der Waals surface area contributed by atoms with Crippen molar-refractivity contribution >= 4 is 29.5 Å². The summed E-state index contributed by atoms with van der Waals surface area (Å²) >= 11 is 0. The van der Waals surface area contributed by atoms with Crippen molar-refractivity contribution in [1.29, 1.82) is 0 Å². The third-order valence-corrected chi connectivity index (χ3v) is 8.92. The van der Waals surface area contributed by atoms with Crippen LogP contribution in [0.4, 0.5) is 0 Å². The summed E-state index contributed by atoms with van der Waals surface area (Å²) < 4.78 is 16.8. The van der Waals surface area contributed by atoms with E-state index in [1.807, 2.05) is 26.0 Å². The second kappa shape index (κ2) is 19.3. The number of nitrogens with zero attached hydrogens (tertiary/aromatic N) is 1. The normalized spacial score (nSPS) is 22.3. The number of fused-ring (bicyclic) bond motifs is 17. The molecule has 284 valence electrons. The zero-order chi connectivity index (χ0) is 37.8. The molecule has 2 bridgehead atoms. The Morgan fingerprint density at radius 2 is 1.63 bits per heavy atom. The summed E-state index contributed by atoms with van der Waals surface area (Å²) in [5.41, 5.74) is 1.48. The maximum atomic E-state index is 14.0. The van der Waals surface area contributed by atoms with E-state index < -0.39 is 41.8 Å². The number of hydrogen-bond donors (Lipinski definition) is 4. The van der Waals surface area contributed by atoms with Crippen LogP contribution >= 0.6 is 0 Å². The number of amides is 5. The van der Waals surface area contributed by atoms with Gasteiger partial charge in [0.1, 0.15) is 42.8 Å². The molecule has 5 amide bonds. The number of benzene rings is 2. The average molecular weight is 722 g/mol. The van der Waals surface area contributed by atoms with Crippen LogP contribution in [0.3, 0.4) is 0 Å². The van der Waals surface area contributed by atoms with Crippen LogP contribution in [0.5, 0.6) is 11.5 Å². The lowest BCUT2D eigenvalue weighted by atomic mass is 10.0. The minimum atomic E-state index is -1.11. The van der Waals surface area contributed by atoms with Gasteiger partial charge in [-0.25, -0.2) is 0 Å². The largest absolute Gasteiger partial charge is 0.497 e. The fourth-order valence-corrected chi connectivity index (χ4v) is 6.00. The first-order valence-corrected chi connectivity index (χ1v) is 18.2. The Labute approximate surface area is 306 Å². The fourth-order valence-electron chi connectivity index (χ4n) is 6.00. The Morgan fingerprint density at radius 1 is 0.942 bits per heavy atom. The molecule has 1 saturated carbocycles. The topological polar surface area (TPSA) is 164 Å². The Balaban J connectivity index is 1.67. The standard InChI is InChI=1S/C39H55N5O8/c1-24(2)17-30-22-52-32-15-11-28(12-16-32)18-33(42-36(46)23-51-25(3)4)38(48)43-34(19-27-9-13-31(50-6)14-10-27)37(47)40-26(5)39(49)44(20-29-7-8-29)21-35(45)41-30/h9-16,24-26,29-30,33-34H,7-8,17-23H2,1-6H3,(H,40,47)(H,41,45)(H,42,46)(H,43,48)/t26-,30+,33+,34+/m1/s1. The first-order chi connectivity index (χ1) is 24.8. The van der Waals surface area contributed by atoms with Crippen molar-refractivity contribution in [3.05, 3.63) is 59.7 Å². The highest BCUT2D eigenvalue weighted by Crippen LogP contribution is 2.30. The van der Waals surface area contributed by atoms with E-state index in [2.05, 4.69) is 35.1 Å². The number of carbonyl (C=O) groups excluding carboxylic acids is 5. The summed E-state index contributed by atoms with van der Waals surface area (Å²) in [6, 6.07) is 10.8. The molecule has 2 aromatic carbocycles. The first kappa shape index (κ1) is 40.1. The molecule has 1 aliphatic carbocycles. The quantitative estimate of drug-likeness (QED) is 0.257. The molecule has 2 aliphatic heterocycles. The molecule has 13 nitrogen and oxygen atoms in total. The molecule has 0 unspecified atom stereocenters. The van der Waals surface area contributed by atoms with Gasteiger partial charge in [-0.05, 0) is 87.3 Å². The molecule has 0 saturated heterocycles. The molecule has 52 heavy (non-hydrogen) atoms. The molecule has 1 fully saturated rings. The Kier molecular flexibility index (Phi) is 14.9. The highest BCUT2D eigenvalue weighted by Gasteiger charge is 2.33. The maximum absolute atomic E-state index is 14.0. The number of nitrogens with one attached hydrogen (secondary N) is 4. The van der Waals surface area contributed by atoms with Crippen LogP contribution in [0.25, 0.3) is 0 Å². The molecule has 13 heteroatoms. The minimum absolute atomic E-state index is 0.0943. The molecule has 0 radical (unpaired) electrons. The minimum Gasteiger partial charge on any atom is -0.497 e. The molecule has 2 aromatic rings. The summed E-state index contributed by atoms with van der Waals surface area (Å²) in [6.07, 6.45) is 2.61. The molecule has 0 aromatic heterocycles. The number of rotatable bonds is 11. The third kappa shape index (κ3) is 13.2. The number of hydrogen-bond acceptors (Lipinski definition) is 8. The van der Waals surface area contributed by atoms with E-state index in [-0.39, 0.29) is 56.6 Å². The molecule has 4 N–H and O–H groups in total. The fraction of sp³-hybridized carbons (Fsp3) is 0.564. The van der Waals surface area contributed by atoms with E-state index in [1.165, 1.54) is 4.90 Å². The van der Waals surface area contributed by atoms with Gasteiger partial charge in [0.2, 0.25) is 29.5 Å². The van der Waals surface area contributed by atoms with Crippen molar-refractivity contribution in [2.75, 3.05) is 33.4 Å². The lowest BCUT2D eigenvalue weighted by Crippen LogP contribution is -2.58. The summed E-state index contributed by atoms with van der Waals surface area (Å²) in [4.78, 5) is 69.6. The first-order valence-electron chi connectivity index (χ1n) is 18.2. The van der Waals surface area contributed by atoms with Gasteiger partial charge in [0.05, 0.1) is 25.8 Å². The van der Waals surface area contributed by atoms with E-state index in [0.29, 0.717) is 30.4 Å². The second-order valence-corrected chi connectivity index (χ2v) is 14.5. The number of methoxy groups -OCH3 is 1. The lowest BCUT2D eigenvalue weighted by Gasteiger charge is -2.29. The van der Waals surface area contributed by atoms with E-state index in [0.717, 1.165) is 24.0 Å². The molecular weight excluding hydrogens is 666 g/mol. The molecule has 2 heterocycles. The van der Waals surface area contributed by atoms with Crippen LogP contribution < -0.4 is 30.7 Å². The monoisotopic (exact) mass is 721 g/mol. The van der Waals surface area contributed by atoms with Crippen LogP contribution in [0.1, 0.15) is 65.0 Å². The van der Waals surface area contributed by atoms with Crippen molar-refractivity contribution in [2.24, 2.45) is 11.8 Å². The van der Waals surface area contributed by atoms with Gasteiger partial charge in [0, 0.05) is 19.4 Å². The van der Waals surface area contributed by atoms with Crippen molar-refractivity contribution in [1.82, 2.24) is 26.2 Å². The van der Waals surface area contributed by atoms with E-state index in [4.69, 9.17) is 14.2 Å². The summed E-state index contributed by atoms with van der Waals surface area (Å²) in [5, 5.41) is 11.5. The average Bonchev–Trinajstić information content (AvgIpc) is 3.92. The predicted molar refractivity (Wildman–Crippen MR) is 196 cm³/mol. The van der Waals surface area contributed by atoms with E-state index in [9.17, 15) is 24.0 Å². The van der Waals surface area contributed by atoms with E-state index >= 15 is 0 Å².